The van der Waals surface area contributed by atoms with Gasteiger partial charge >= 0.3 is 0 Å². The van der Waals surface area contributed by atoms with Gasteiger partial charge < -0.3 is 20.3 Å². The maximum absolute atomic E-state index is 13.0. The van der Waals surface area contributed by atoms with E-state index in [9.17, 15) is 9.59 Å². The van der Waals surface area contributed by atoms with Crippen LogP contribution >= 0.6 is 11.3 Å². The summed E-state index contributed by atoms with van der Waals surface area (Å²) in [4.78, 5) is 34.6. The molecule has 2 N–H and O–H groups in total. The third-order valence-corrected chi connectivity index (χ3v) is 6.81. The van der Waals surface area contributed by atoms with Crippen LogP contribution in [0, 0.1) is 0 Å². The molecule has 32 heavy (non-hydrogen) atoms. The fraction of sp³-hybridized carbons (Fsp3) is 0.261. The van der Waals surface area contributed by atoms with Gasteiger partial charge in [0.15, 0.2) is 0 Å². The van der Waals surface area contributed by atoms with Gasteiger partial charge in [-0.15, -0.1) is 11.3 Å². The Balaban J connectivity index is 1.33. The summed E-state index contributed by atoms with van der Waals surface area (Å²) in [5.41, 5.74) is 3.24. The van der Waals surface area contributed by atoms with Gasteiger partial charge in [0, 0.05) is 37.9 Å². The number of thiophene rings is 1. The van der Waals surface area contributed by atoms with Gasteiger partial charge in [-0.3, -0.25) is 19.5 Å². The molecular formula is C23H23N5O3S. The number of piperazine rings is 1. The summed E-state index contributed by atoms with van der Waals surface area (Å²) in [5.74, 6) is 0.361. The van der Waals surface area contributed by atoms with Crippen molar-refractivity contribution >= 4 is 39.5 Å². The number of benzene rings is 1. The molecule has 0 saturated carbocycles. The van der Waals surface area contributed by atoms with Crippen molar-refractivity contribution in [3.63, 3.8) is 0 Å². The van der Waals surface area contributed by atoms with Crippen LogP contribution in [0.5, 0.6) is 5.75 Å². The fourth-order valence-corrected chi connectivity index (χ4v) is 4.93. The maximum atomic E-state index is 13.0. The molecule has 0 spiro atoms. The van der Waals surface area contributed by atoms with Gasteiger partial charge in [0.25, 0.3) is 11.8 Å². The van der Waals surface area contributed by atoms with Gasteiger partial charge in [0.1, 0.15) is 5.75 Å². The number of pyridine rings is 1. The Hall–Kier alpha value is -3.43. The summed E-state index contributed by atoms with van der Waals surface area (Å²) in [5, 5.41) is 7.07. The van der Waals surface area contributed by atoms with E-state index in [4.69, 9.17) is 4.74 Å². The maximum Gasteiger partial charge on any atom is 0.265 e. The van der Waals surface area contributed by atoms with Crippen LogP contribution in [0.4, 0.5) is 16.4 Å². The number of carbonyl (C=O) groups is 2. The number of ether oxygens (including phenoxy) is 1. The largest absolute Gasteiger partial charge is 0.497 e. The van der Waals surface area contributed by atoms with E-state index in [-0.39, 0.29) is 11.8 Å². The molecule has 9 heteroatoms. The van der Waals surface area contributed by atoms with Crippen molar-refractivity contribution in [2.75, 3.05) is 48.4 Å². The molecule has 0 unspecified atom stereocenters. The molecule has 2 aliphatic heterocycles. The third kappa shape index (κ3) is 3.80. The van der Waals surface area contributed by atoms with E-state index in [0.29, 0.717) is 28.4 Å². The highest BCUT2D eigenvalue weighted by molar-refractivity contribution is 7.18. The number of hydrogen-bond donors (Lipinski definition) is 2. The summed E-state index contributed by atoms with van der Waals surface area (Å²) in [6.07, 6.45) is 3.42. The van der Waals surface area contributed by atoms with Gasteiger partial charge in [-0.25, -0.2) is 0 Å². The van der Waals surface area contributed by atoms with E-state index in [1.165, 1.54) is 11.3 Å². The molecule has 2 amide bonds. The molecule has 1 fully saturated rings. The number of fused-ring (bicyclic) bond motifs is 1. The van der Waals surface area contributed by atoms with Crippen LogP contribution in [-0.4, -0.2) is 50.1 Å². The number of nitrogens with one attached hydrogen (secondary N) is 2. The molecule has 2 aromatic heterocycles. The Morgan fingerprint density at radius 2 is 2.03 bits per heavy atom. The second kappa shape index (κ2) is 8.60. The minimum absolute atomic E-state index is 0.0824. The summed E-state index contributed by atoms with van der Waals surface area (Å²) in [7, 11) is 1.58. The highest BCUT2D eigenvalue weighted by Gasteiger charge is 2.30. The van der Waals surface area contributed by atoms with Crippen molar-refractivity contribution in [2.45, 2.75) is 6.54 Å². The van der Waals surface area contributed by atoms with E-state index in [1.54, 1.807) is 36.5 Å². The monoisotopic (exact) mass is 449 g/mol. The van der Waals surface area contributed by atoms with Crippen molar-refractivity contribution in [1.29, 1.82) is 0 Å². The van der Waals surface area contributed by atoms with Crippen LogP contribution in [-0.2, 0) is 6.54 Å². The molecule has 1 saturated heterocycles. The zero-order valence-electron chi connectivity index (χ0n) is 17.6. The molecule has 1 aromatic carbocycles. The SMILES string of the molecule is COc1ccc2c(c1)C(=O)N(c1ccc(C(=O)Nc3cnccc3N3CCNCC3)s1)C2. The van der Waals surface area contributed by atoms with Crippen LogP contribution < -0.4 is 25.2 Å². The van der Waals surface area contributed by atoms with E-state index in [1.807, 2.05) is 24.3 Å². The summed E-state index contributed by atoms with van der Waals surface area (Å²) < 4.78 is 5.24. The zero-order valence-corrected chi connectivity index (χ0v) is 18.4. The standard InChI is InChI=1S/C23H23N5O3S/c1-31-16-3-2-15-14-28(23(30)17(15)12-16)21-5-4-20(32-21)22(29)26-18-13-25-7-6-19(18)27-10-8-24-9-11-27/h2-7,12-13,24H,8-11,14H2,1H3,(H,26,29). The quantitative estimate of drug-likeness (QED) is 0.623. The number of amides is 2. The van der Waals surface area contributed by atoms with Crippen LogP contribution in [0.25, 0.3) is 0 Å². The van der Waals surface area contributed by atoms with E-state index < -0.39 is 0 Å². The third-order valence-electron chi connectivity index (χ3n) is 5.71. The average Bonchev–Trinajstić information content (AvgIpc) is 3.45. The normalized spacial score (nSPS) is 15.6. The minimum Gasteiger partial charge on any atom is -0.497 e. The van der Waals surface area contributed by atoms with E-state index >= 15 is 0 Å². The minimum atomic E-state index is -0.212. The van der Waals surface area contributed by atoms with Gasteiger partial charge in [-0.2, -0.15) is 0 Å². The number of carbonyl (C=O) groups excluding carboxylic acids is 2. The number of nitrogens with zero attached hydrogens (tertiary/aromatic N) is 3. The molecule has 8 nitrogen and oxygen atoms in total. The Kier molecular flexibility index (Phi) is 5.50. The molecular weight excluding hydrogens is 426 g/mol. The predicted octanol–water partition coefficient (Wildman–Crippen LogP) is 2.97. The molecule has 3 aromatic rings. The van der Waals surface area contributed by atoms with Crippen molar-refractivity contribution in [3.8, 4) is 5.75 Å². The second-order valence-corrected chi connectivity index (χ2v) is 8.70. The smallest absolute Gasteiger partial charge is 0.265 e. The van der Waals surface area contributed by atoms with Crippen LogP contribution in [0.2, 0.25) is 0 Å². The first kappa shape index (κ1) is 20.5. The number of rotatable bonds is 5. The number of aromatic nitrogens is 1. The van der Waals surface area contributed by atoms with Crippen molar-refractivity contribution < 1.29 is 14.3 Å². The molecule has 0 bridgehead atoms. The number of hydrogen-bond acceptors (Lipinski definition) is 7. The summed E-state index contributed by atoms with van der Waals surface area (Å²) >= 11 is 1.30. The van der Waals surface area contributed by atoms with Crippen LogP contribution in [0.1, 0.15) is 25.6 Å². The lowest BCUT2D eigenvalue weighted by Crippen LogP contribution is -2.43. The Morgan fingerprint density at radius 1 is 1.19 bits per heavy atom. The lowest BCUT2D eigenvalue weighted by Gasteiger charge is -2.30. The summed E-state index contributed by atoms with van der Waals surface area (Å²) in [6.45, 7) is 4.04. The Labute approximate surface area is 189 Å². The fourth-order valence-electron chi connectivity index (χ4n) is 4.03. The highest BCUT2D eigenvalue weighted by Crippen LogP contribution is 2.35. The van der Waals surface area contributed by atoms with Gasteiger partial charge in [-0.1, -0.05) is 6.07 Å². The molecule has 0 aliphatic carbocycles. The highest BCUT2D eigenvalue weighted by atomic mass is 32.1. The molecule has 5 rings (SSSR count). The van der Waals surface area contributed by atoms with Gasteiger partial charge in [0.05, 0.1) is 41.1 Å². The van der Waals surface area contributed by atoms with E-state index in [0.717, 1.165) is 42.4 Å². The van der Waals surface area contributed by atoms with Crippen molar-refractivity contribution in [1.82, 2.24) is 10.3 Å². The average molecular weight is 450 g/mol. The predicted molar refractivity (Wildman–Crippen MR) is 125 cm³/mol. The molecule has 0 atom stereocenters. The topological polar surface area (TPSA) is 86.8 Å². The molecule has 2 aliphatic rings. The summed E-state index contributed by atoms with van der Waals surface area (Å²) in [6, 6.07) is 11.0. The second-order valence-electron chi connectivity index (χ2n) is 7.64. The first-order valence-corrected chi connectivity index (χ1v) is 11.3. The lowest BCUT2D eigenvalue weighted by atomic mass is 10.1. The first-order valence-electron chi connectivity index (χ1n) is 10.4. The van der Waals surface area contributed by atoms with Crippen molar-refractivity contribution in [2.24, 2.45) is 0 Å². The van der Waals surface area contributed by atoms with Crippen LogP contribution in [0.15, 0.2) is 48.8 Å². The van der Waals surface area contributed by atoms with Crippen LogP contribution in [0.3, 0.4) is 0 Å². The zero-order chi connectivity index (χ0) is 22.1. The molecule has 164 valence electrons. The van der Waals surface area contributed by atoms with Crippen molar-refractivity contribution in [3.05, 3.63) is 64.8 Å². The Morgan fingerprint density at radius 3 is 2.84 bits per heavy atom. The van der Waals surface area contributed by atoms with Gasteiger partial charge in [0.2, 0.25) is 0 Å². The number of anilines is 3. The number of methoxy groups -OCH3 is 1. The van der Waals surface area contributed by atoms with E-state index in [2.05, 4.69) is 20.5 Å². The molecule has 4 heterocycles. The first-order chi connectivity index (χ1) is 15.6. The lowest BCUT2D eigenvalue weighted by molar-refractivity contribution is 0.0994. The van der Waals surface area contributed by atoms with Gasteiger partial charge in [-0.05, 0) is 35.9 Å². The molecule has 0 radical (unpaired) electrons. The Bertz CT molecular complexity index is 1170.